The Labute approximate surface area is 80.4 Å². The van der Waals surface area contributed by atoms with Gasteiger partial charge < -0.3 is 5.73 Å². The van der Waals surface area contributed by atoms with Crippen LogP contribution in [0.5, 0.6) is 0 Å². The molecule has 3 N–H and O–H groups in total. The van der Waals surface area contributed by atoms with E-state index in [1.807, 2.05) is 13.8 Å². The molecule has 0 aromatic carbocycles. The highest BCUT2D eigenvalue weighted by Gasteiger charge is 2.17. The van der Waals surface area contributed by atoms with Crippen molar-refractivity contribution in [1.82, 2.24) is 10.2 Å². The van der Waals surface area contributed by atoms with Crippen molar-refractivity contribution in [3.63, 3.8) is 0 Å². The summed E-state index contributed by atoms with van der Waals surface area (Å²) in [7, 11) is 0. The van der Waals surface area contributed by atoms with Gasteiger partial charge in [0.25, 0.3) is 0 Å². The van der Waals surface area contributed by atoms with Gasteiger partial charge in [-0.1, -0.05) is 25.2 Å². The number of nitrogens with two attached hydrogens (primary N) is 1. The molecule has 0 fully saturated rings. The zero-order valence-electron chi connectivity index (χ0n) is 7.52. The lowest BCUT2D eigenvalue weighted by atomic mass is 10.1. The number of rotatable bonds is 3. The van der Waals surface area contributed by atoms with Gasteiger partial charge in [0.1, 0.15) is 5.51 Å². The van der Waals surface area contributed by atoms with Gasteiger partial charge in [0.15, 0.2) is 0 Å². The van der Waals surface area contributed by atoms with E-state index in [-0.39, 0.29) is 11.8 Å². The molecular weight excluding hydrogens is 188 g/mol. The quantitative estimate of drug-likeness (QED) is 0.742. The number of aromatic nitrogens is 2. The van der Waals surface area contributed by atoms with Crippen LogP contribution < -0.4 is 11.1 Å². The molecule has 0 aliphatic carbocycles. The zero-order valence-corrected chi connectivity index (χ0v) is 8.34. The molecule has 1 aromatic rings. The van der Waals surface area contributed by atoms with Crippen LogP contribution in [0.1, 0.15) is 13.8 Å². The maximum absolute atomic E-state index is 11.4. The summed E-state index contributed by atoms with van der Waals surface area (Å²) in [5, 5.41) is 10.3. The number of carbonyl (C=O) groups is 1. The van der Waals surface area contributed by atoms with Gasteiger partial charge in [-0.25, -0.2) is 0 Å². The molecule has 13 heavy (non-hydrogen) atoms. The van der Waals surface area contributed by atoms with Gasteiger partial charge in [-0.15, -0.1) is 10.2 Å². The predicted molar refractivity (Wildman–Crippen MR) is 51.4 cm³/mol. The highest BCUT2D eigenvalue weighted by molar-refractivity contribution is 7.13. The maximum Gasteiger partial charge on any atom is 0.243 e. The van der Waals surface area contributed by atoms with Crippen LogP contribution in [-0.4, -0.2) is 22.1 Å². The van der Waals surface area contributed by atoms with E-state index in [2.05, 4.69) is 15.5 Å². The van der Waals surface area contributed by atoms with Crippen LogP contribution in [0.4, 0.5) is 5.13 Å². The fourth-order valence-corrected chi connectivity index (χ4v) is 1.17. The summed E-state index contributed by atoms with van der Waals surface area (Å²) in [4.78, 5) is 11.4. The molecule has 1 amide bonds. The first-order valence-electron chi connectivity index (χ1n) is 3.94. The van der Waals surface area contributed by atoms with Crippen molar-refractivity contribution in [2.45, 2.75) is 19.9 Å². The summed E-state index contributed by atoms with van der Waals surface area (Å²) in [5.41, 5.74) is 7.17. The highest BCUT2D eigenvalue weighted by atomic mass is 32.1. The van der Waals surface area contributed by atoms with E-state index in [1.54, 1.807) is 5.51 Å². The van der Waals surface area contributed by atoms with Crippen molar-refractivity contribution < 1.29 is 4.79 Å². The van der Waals surface area contributed by atoms with Crippen molar-refractivity contribution in [3.05, 3.63) is 5.51 Å². The molecule has 1 heterocycles. The standard InChI is InChI=1S/C7H12N4OS/c1-4(2)5(8)6(12)10-7-11-9-3-13-7/h3-5H,8H2,1-2H3,(H,10,11,12)/t5-/m0/s1. The smallest absolute Gasteiger partial charge is 0.243 e. The van der Waals surface area contributed by atoms with Gasteiger partial charge in [0, 0.05) is 0 Å². The Kier molecular flexibility index (Phi) is 3.32. The van der Waals surface area contributed by atoms with Gasteiger partial charge in [-0.2, -0.15) is 0 Å². The largest absolute Gasteiger partial charge is 0.320 e. The number of nitrogens with one attached hydrogen (secondary N) is 1. The minimum absolute atomic E-state index is 0.118. The van der Waals surface area contributed by atoms with Crippen molar-refractivity contribution >= 4 is 22.4 Å². The lowest BCUT2D eigenvalue weighted by Crippen LogP contribution is -2.39. The molecule has 5 nitrogen and oxygen atoms in total. The Morgan fingerprint density at radius 1 is 1.69 bits per heavy atom. The molecule has 72 valence electrons. The summed E-state index contributed by atoms with van der Waals surface area (Å²) in [5.74, 6) is -0.0975. The molecule has 0 bridgehead atoms. The molecule has 0 aliphatic rings. The van der Waals surface area contributed by atoms with Crippen molar-refractivity contribution in [2.24, 2.45) is 11.7 Å². The Bertz CT molecular complexity index is 272. The molecule has 1 atom stereocenters. The molecule has 1 aromatic heterocycles. The van der Waals surface area contributed by atoms with Gasteiger partial charge in [0.05, 0.1) is 6.04 Å². The van der Waals surface area contributed by atoms with Crippen LogP contribution >= 0.6 is 11.3 Å². The van der Waals surface area contributed by atoms with Gasteiger partial charge in [0.2, 0.25) is 11.0 Å². The lowest BCUT2D eigenvalue weighted by molar-refractivity contribution is -0.118. The topological polar surface area (TPSA) is 80.9 Å². The van der Waals surface area contributed by atoms with Crippen LogP contribution in [0.3, 0.4) is 0 Å². The summed E-state index contributed by atoms with van der Waals surface area (Å²) in [6.45, 7) is 3.79. The van der Waals surface area contributed by atoms with Gasteiger partial charge in [-0.3, -0.25) is 10.1 Å². The zero-order chi connectivity index (χ0) is 9.84. The van der Waals surface area contributed by atoms with E-state index in [0.717, 1.165) is 0 Å². The van der Waals surface area contributed by atoms with Gasteiger partial charge in [-0.05, 0) is 5.92 Å². The summed E-state index contributed by atoms with van der Waals surface area (Å²) >= 11 is 1.27. The molecule has 6 heteroatoms. The van der Waals surface area contributed by atoms with Crippen molar-refractivity contribution in [3.8, 4) is 0 Å². The second kappa shape index (κ2) is 4.29. The molecule has 0 saturated heterocycles. The van der Waals surface area contributed by atoms with Crippen LogP contribution in [-0.2, 0) is 4.79 Å². The first-order chi connectivity index (χ1) is 6.11. The Hall–Kier alpha value is -1.01. The number of hydrogen-bond donors (Lipinski definition) is 2. The molecule has 0 spiro atoms. The monoisotopic (exact) mass is 200 g/mol. The molecule has 0 saturated carbocycles. The van der Waals surface area contributed by atoms with Gasteiger partial charge >= 0.3 is 0 Å². The van der Waals surface area contributed by atoms with Crippen LogP contribution in [0.25, 0.3) is 0 Å². The fourth-order valence-electron chi connectivity index (χ4n) is 0.719. The second-order valence-corrected chi connectivity index (χ2v) is 3.84. The van der Waals surface area contributed by atoms with E-state index < -0.39 is 6.04 Å². The molecule has 0 radical (unpaired) electrons. The molecule has 0 aliphatic heterocycles. The SMILES string of the molecule is CC(C)[C@H](N)C(=O)Nc1nncs1. The van der Waals surface area contributed by atoms with Crippen molar-refractivity contribution in [2.75, 3.05) is 5.32 Å². The number of amides is 1. The first-order valence-corrected chi connectivity index (χ1v) is 4.82. The third kappa shape index (κ3) is 2.74. The number of nitrogens with zero attached hydrogens (tertiary/aromatic N) is 2. The normalized spacial score (nSPS) is 12.9. The average Bonchev–Trinajstić information content (AvgIpc) is 2.55. The Morgan fingerprint density at radius 2 is 2.38 bits per heavy atom. The average molecular weight is 200 g/mol. The fraction of sp³-hybridized carbons (Fsp3) is 0.571. The minimum Gasteiger partial charge on any atom is -0.320 e. The molecule has 0 unspecified atom stereocenters. The first kappa shape index (κ1) is 10.1. The second-order valence-electron chi connectivity index (χ2n) is 3.00. The van der Waals surface area contributed by atoms with Crippen LogP contribution in [0, 0.1) is 5.92 Å². The number of carbonyl (C=O) groups excluding carboxylic acids is 1. The third-order valence-corrected chi connectivity index (χ3v) is 2.22. The number of anilines is 1. The van der Waals surface area contributed by atoms with Crippen LogP contribution in [0.2, 0.25) is 0 Å². The third-order valence-electron chi connectivity index (χ3n) is 1.61. The summed E-state index contributed by atoms with van der Waals surface area (Å²) < 4.78 is 0. The lowest BCUT2D eigenvalue weighted by Gasteiger charge is -2.13. The van der Waals surface area contributed by atoms with Crippen LogP contribution in [0.15, 0.2) is 5.51 Å². The molecular formula is C7H12N4OS. The van der Waals surface area contributed by atoms with E-state index in [9.17, 15) is 4.79 Å². The molecule has 1 rings (SSSR count). The highest BCUT2D eigenvalue weighted by Crippen LogP contribution is 2.09. The number of hydrogen-bond acceptors (Lipinski definition) is 5. The summed E-state index contributed by atoms with van der Waals surface area (Å²) in [6.07, 6.45) is 0. The van der Waals surface area contributed by atoms with E-state index >= 15 is 0 Å². The minimum atomic E-state index is -0.496. The van der Waals surface area contributed by atoms with Crippen molar-refractivity contribution in [1.29, 1.82) is 0 Å². The predicted octanol–water partition coefficient (Wildman–Crippen LogP) is 0.460. The van der Waals surface area contributed by atoms with E-state index in [0.29, 0.717) is 5.13 Å². The maximum atomic E-state index is 11.4. The Morgan fingerprint density at radius 3 is 2.85 bits per heavy atom. The van der Waals surface area contributed by atoms with E-state index in [4.69, 9.17) is 5.73 Å². The Balaban J connectivity index is 2.51. The summed E-state index contributed by atoms with van der Waals surface area (Å²) in [6, 6.07) is -0.496. The van der Waals surface area contributed by atoms with E-state index in [1.165, 1.54) is 11.3 Å².